The van der Waals surface area contributed by atoms with Crippen LogP contribution in [0.15, 0.2) is 0 Å². The van der Waals surface area contributed by atoms with Gasteiger partial charge in [0.05, 0.1) is 11.5 Å². The second-order valence-corrected chi connectivity index (χ2v) is 6.46. The number of aliphatic carboxylic acids is 1. The van der Waals surface area contributed by atoms with Crippen molar-refractivity contribution >= 4 is 11.9 Å². The minimum atomic E-state index is -0.900. The summed E-state index contributed by atoms with van der Waals surface area (Å²) in [6.45, 7) is 0.978. The fraction of sp³-hybridized carbons (Fsp3) is 0.857. The van der Waals surface area contributed by atoms with Gasteiger partial charge in [-0.25, -0.2) is 0 Å². The maximum Gasteiger partial charge on any atom is 0.308 e. The summed E-state index contributed by atoms with van der Waals surface area (Å²) in [6.07, 6.45) is 3.90. The van der Waals surface area contributed by atoms with E-state index in [1.54, 1.807) is 0 Å². The van der Waals surface area contributed by atoms with Crippen LogP contribution in [0.1, 0.15) is 32.1 Å². The summed E-state index contributed by atoms with van der Waals surface area (Å²) in [5.74, 6) is -0.925. The van der Waals surface area contributed by atoms with E-state index in [0.29, 0.717) is 32.0 Å². The Labute approximate surface area is 118 Å². The molecule has 0 aromatic rings. The molecule has 6 nitrogen and oxygen atoms in total. The fourth-order valence-corrected chi connectivity index (χ4v) is 4.11. The number of hydrogen-bond acceptors (Lipinski definition) is 4. The van der Waals surface area contributed by atoms with E-state index in [2.05, 4.69) is 5.32 Å². The predicted octanol–water partition coefficient (Wildman–Crippen LogP) is 0.110. The van der Waals surface area contributed by atoms with Gasteiger partial charge in [0.1, 0.15) is 0 Å². The second-order valence-electron chi connectivity index (χ2n) is 6.46. The molecule has 112 valence electrons. The summed E-state index contributed by atoms with van der Waals surface area (Å²) in [4.78, 5) is 23.9. The Hall–Kier alpha value is -1.14. The summed E-state index contributed by atoms with van der Waals surface area (Å²) in [7, 11) is 0. The lowest BCUT2D eigenvalue weighted by atomic mass is 9.83. The van der Waals surface area contributed by atoms with E-state index in [0.717, 1.165) is 19.3 Å². The Bertz CT molecular complexity index is 419. The summed E-state index contributed by atoms with van der Waals surface area (Å²) in [5, 5.41) is 12.3. The van der Waals surface area contributed by atoms with Gasteiger partial charge in [0.15, 0.2) is 0 Å². The number of fused-ring (bicyclic) bond motifs is 2. The molecule has 1 heterocycles. The number of nitrogens with one attached hydrogen (secondary N) is 1. The highest BCUT2D eigenvalue weighted by atomic mass is 16.5. The largest absolute Gasteiger partial charge is 0.481 e. The number of carbonyl (C=O) groups is 2. The molecule has 3 rings (SSSR count). The molecule has 4 N–H and O–H groups in total. The van der Waals surface area contributed by atoms with Crippen molar-refractivity contribution in [3.8, 4) is 0 Å². The van der Waals surface area contributed by atoms with Crippen LogP contribution in [-0.4, -0.2) is 41.8 Å². The molecule has 6 heteroatoms. The van der Waals surface area contributed by atoms with Crippen molar-refractivity contribution in [2.75, 3.05) is 13.2 Å². The molecule has 1 saturated heterocycles. The van der Waals surface area contributed by atoms with E-state index >= 15 is 0 Å². The van der Waals surface area contributed by atoms with Gasteiger partial charge in [0.2, 0.25) is 5.91 Å². The Balaban J connectivity index is 1.70. The quantitative estimate of drug-likeness (QED) is 0.682. The SMILES string of the molecule is NC1(C(=O)NC2C3CCC(C3)C2C(=O)O)CCOCC1. The summed E-state index contributed by atoms with van der Waals surface area (Å²) in [5.41, 5.74) is 5.26. The molecule has 0 spiro atoms. The van der Waals surface area contributed by atoms with Gasteiger partial charge in [-0.2, -0.15) is 0 Å². The van der Waals surface area contributed by atoms with E-state index < -0.39 is 17.4 Å². The fourth-order valence-electron chi connectivity index (χ4n) is 4.11. The molecule has 0 radical (unpaired) electrons. The molecular formula is C14H22N2O4. The van der Waals surface area contributed by atoms with Crippen LogP contribution in [0.5, 0.6) is 0 Å². The lowest BCUT2D eigenvalue weighted by molar-refractivity contribution is -0.145. The molecular weight excluding hydrogens is 260 g/mol. The van der Waals surface area contributed by atoms with Crippen molar-refractivity contribution in [1.29, 1.82) is 0 Å². The third kappa shape index (κ3) is 2.20. The Morgan fingerprint density at radius 2 is 1.85 bits per heavy atom. The minimum absolute atomic E-state index is 0.204. The van der Waals surface area contributed by atoms with Crippen LogP contribution in [0.25, 0.3) is 0 Å². The van der Waals surface area contributed by atoms with Crippen molar-refractivity contribution < 1.29 is 19.4 Å². The van der Waals surface area contributed by atoms with Gasteiger partial charge < -0.3 is 20.9 Å². The van der Waals surface area contributed by atoms with Crippen LogP contribution in [0.3, 0.4) is 0 Å². The van der Waals surface area contributed by atoms with Gasteiger partial charge >= 0.3 is 5.97 Å². The first-order valence-electron chi connectivity index (χ1n) is 7.42. The Morgan fingerprint density at radius 1 is 1.20 bits per heavy atom. The summed E-state index contributed by atoms with van der Waals surface area (Å²) in [6, 6.07) is -0.248. The van der Waals surface area contributed by atoms with Gasteiger partial charge in [-0.3, -0.25) is 9.59 Å². The van der Waals surface area contributed by atoms with Crippen molar-refractivity contribution in [1.82, 2.24) is 5.32 Å². The number of carboxylic acid groups (broad SMARTS) is 1. The van der Waals surface area contributed by atoms with E-state index in [1.165, 1.54) is 0 Å². The Kier molecular flexibility index (Phi) is 3.46. The van der Waals surface area contributed by atoms with E-state index in [9.17, 15) is 14.7 Å². The number of carbonyl (C=O) groups excluding carboxylic acids is 1. The monoisotopic (exact) mass is 282 g/mol. The predicted molar refractivity (Wildman–Crippen MR) is 70.9 cm³/mol. The highest BCUT2D eigenvalue weighted by molar-refractivity contribution is 5.87. The highest BCUT2D eigenvalue weighted by Crippen LogP contribution is 2.48. The van der Waals surface area contributed by atoms with Crippen molar-refractivity contribution in [2.45, 2.75) is 43.7 Å². The minimum Gasteiger partial charge on any atom is -0.481 e. The first-order valence-corrected chi connectivity index (χ1v) is 7.42. The van der Waals surface area contributed by atoms with Crippen molar-refractivity contribution in [3.05, 3.63) is 0 Å². The number of rotatable bonds is 3. The lowest BCUT2D eigenvalue weighted by Gasteiger charge is -2.36. The van der Waals surface area contributed by atoms with Gasteiger partial charge in [-0.1, -0.05) is 0 Å². The third-order valence-electron chi connectivity index (χ3n) is 5.34. The average molecular weight is 282 g/mol. The first kappa shape index (κ1) is 13.8. The van der Waals surface area contributed by atoms with Gasteiger partial charge in [0, 0.05) is 19.3 Å². The Morgan fingerprint density at radius 3 is 2.50 bits per heavy atom. The van der Waals surface area contributed by atoms with Gasteiger partial charge in [0.25, 0.3) is 0 Å². The molecule has 0 aromatic heterocycles. The summed E-state index contributed by atoms with van der Waals surface area (Å²) >= 11 is 0. The smallest absolute Gasteiger partial charge is 0.308 e. The molecule has 4 atom stereocenters. The number of nitrogens with two attached hydrogens (primary N) is 1. The van der Waals surface area contributed by atoms with Crippen LogP contribution in [0.2, 0.25) is 0 Å². The lowest BCUT2D eigenvalue weighted by Crippen LogP contribution is -2.60. The van der Waals surface area contributed by atoms with E-state index in [4.69, 9.17) is 10.5 Å². The van der Waals surface area contributed by atoms with Crippen LogP contribution in [0.4, 0.5) is 0 Å². The van der Waals surface area contributed by atoms with Gasteiger partial charge in [-0.15, -0.1) is 0 Å². The maximum atomic E-state index is 12.4. The van der Waals surface area contributed by atoms with Crippen molar-refractivity contribution in [3.63, 3.8) is 0 Å². The number of ether oxygens (including phenoxy) is 1. The van der Waals surface area contributed by atoms with Crippen LogP contribution in [-0.2, 0) is 14.3 Å². The van der Waals surface area contributed by atoms with Crippen LogP contribution in [0, 0.1) is 17.8 Å². The molecule has 20 heavy (non-hydrogen) atoms. The second kappa shape index (κ2) is 5.00. The molecule has 3 fully saturated rings. The van der Waals surface area contributed by atoms with Crippen LogP contribution >= 0.6 is 0 Å². The number of hydrogen-bond donors (Lipinski definition) is 3. The molecule has 1 aliphatic heterocycles. The molecule has 2 saturated carbocycles. The zero-order valence-corrected chi connectivity index (χ0v) is 11.5. The van der Waals surface area contributed by atoms with E-state index in [-0.39, 0.29) is 17.9 Å². The molecule has 2 aliphatic carbocycles. The number of amides is 1. The number of carboxylic acids is 1. The molecule has 3 aliphatic rings. The molecule has 2 bridgehead atoms. The first-order chi connectivity index (χ1) is 9.51. The topological polar surface area (TPSA) is 102 Å². The maximum absolute atomic E-state index is 12.4. The molecule has 1 amide bonds. The zero-order chi connectivity index (χ0) is 14.3. The highest BCUT2D eigenvalue weighted by Gasteiger charge is 2.52. The normalized spacial score (nSPS) is 38.6. The van der Waals surface area contributed by atoms with E-state index in [1.807, 2.05) is 0 Å². The van der Waals surface area contributed by atoms with Crippen molar-refractivity contribution in [2.24, 2.45) is 23.5 Å². The molecule has 0 aromatic carbocycles. The zero-order valence-electron chi connectivity index (χ0n) is 11.5. The molecule has 4 unspecified atom stereocenters. The van der Waals surface area contributed by atoms with Gasteiger partial charge in [-0.05, 0) is 43.9 Å². The van der Waals surface area contributed by atoms with Crippen LogP contribution < -0.4 is 11.1 Å². The summed E-state index contributed by atoms with van der Waals surface area (Å²) < 4.78 is 5.24. The third-order valence-corrected chi connectivity index (χ3v) is 5.34. The average Bonchev–Trinajstić information content (AvgIpc) is 3.00. The standard InChI is InChI=1S/C14H22N2O4/c15-14(3-5-20-6-4-14)13(19)16-11-9-2-1-8(7-9)10(11)12(17)18/h8-11H,1-7,15H2,(H,16,19)(H,17,18).